The summed E-state index contributed by atoms with van der Waals surface area (Å²) >= 11 is 0. The van der Waals surface area contributed by atoms with Crippen LogP contribution in [0.2, 0.25) is 0 Å². The van der Waals surface area contributed by atoms with Crippen LogP contribution in [-0.4, -0.2) is 66.1 Å². The van der Waals surface area contributed by atoms with Gasteiger partial charge < -0.3 is 24.1 Å². The molecule has 2 aliphatic heterocycles. The van der Waals surface area contributed by atoms with E-state index in [0.29, 0.717) is 13.2 Å². The van der Waals surface area contributed by atoms with Crippen LogP contribution in [0.4, 0.5) is 0 Å². The Bertz CT molecular complexity index is 925. The Hall–Kier alpha value is -2.65. The van der Waals surface area contributed by atoms with E-state index in [-0.39, 0.29) is 17.9 Å². The molecule has 1 saturated heterocycles. The molecule has 1 fully saturated rings. The maximum atomic E-state index is 12.6. The standard InChI is InChI=1S/C23H33N5O4/c1-16(24-23(29)18-7-12-32-13-8-18)22-26-25-21-6-9-27(10-11-28(21)22)15-17-4-5-19(30-2)20(14-17)31-3/h4-5,14,16,18H,6-13,15H2,1-3H3,(H,24,29)/t16-/m0/s1. The summed E-state index contributed by atoms with van der Waals surface area (Å²) < 4.78 is 18.3. The number of rotatable bonds is 7. The Morgan fingerprint density at radius 1 is 1.16 bits per heavy atom. The van der Waals surface area contributed by atoms with Gasteiger partial charge in [-0.05, 0) is 37.5 Å². The molecule has 1 N–H and O–H groups in total. The second kappa shape index (κ2) is 10.3. The summed E-state index contributed by atoms with van der Waals surface area (Å²) in [5.74, 6) is 3.39. The molecule has 0 aliphatic carbocycles. The van der Waals surface area contributed by atoms with Gasteiger partial charge in [0.25, 0.3) is 0 Å². The molecule has 1 aromatic heterocycles. The van der Waals surface area contributed by atoms with E-state index in [2.05, 4.69) is 31.0 Å². The van der Waals surface area contributed by atoms with Gasteiger partial charge in [0.2, 0.25) is 5.91 Å². The van der Waals surface area contributed by atoms with Crippen molar-refractivity contribution in [3.63, 3.8) is 0 Å². The van der Waals surface area contributed by atoms with Crippen molar-refractivity contribution in [1.82, 2.24) is 25.0 Å². The summed E-state index contributed by atoms with van der Waals surface area (Å²) in [5.41, 5.74) is 1.18. The number of nitrogens with zero attached hydrogens (tertiary/aromatic N) is 4. The van der Waals surface area contributed by atoms with Crippen molar-refractivity contribution < 1.29 is 19.0 Å². The molecule has 1 aromatic carbocycles. The highest BCUT2D eigenvalue weighted by atomic mass is 16.5. The fraction of sp³-hybridized carbons (Fsp3) is 0.609. The highest BCUT2D eigenvalue weighted by molar-refractivity contribution is 5.79. The fourth-order valence-electron chi connectivity index (χ4n) is 4.46. The predicted octanol–water partition coefficient (Wildman–Crippen LogP) is 1.96. The molecule has 2 aromatic rings. The van der Waals surface area contributed by atoms with Gasteiger partial charge in [0, 0.05) is 51.7 Å². The zero-order valence-corrected chi connectivity index (χ0v) is 19.2. The van der Waals surface area contributed by atoms with Gasteiger partial charge in [0.15, 0.2) is 17.3 Å². The number of carbonyl (C=O) groups is 1. The van der Waals surface area contributed by atoms with Crippen LogP contribution in [0.5, 0.6) is 11.5 Å². The Morgan fingerprint density at radius 2 is 1.94 bits per heavy atom. The first-order valence-electron chi connectivity index (χ1n) is 11.3. The second-order valence-corrected chi connectivity index (χ2v) is 8.46. The van der Waals surface area contributed by atoms with E-state index in [9.17, 15) is 4.79 Å². The first kappa shape index (κ1) is 22.5. The minimum atomic E-state index is -0.177. The Balaban J connectivity index is 1.38. The van der Waals surface area contributed by atoms with Gasteiger partial charge >= 0.3 is 0 Å². The lowest BCUT2D eigenvalue weighted by Crippen LogP contribution is -2.36. The summed E-state index contributed by atoms with van der Waals surface area (Å²) in [6.07, 6.45) is 2.38. The van der Waals surface area contributed by atoms with E-state index in [4.69, 9.17) is 14.2 Å². The van der Waals surface area contributed by atoms with Gasteiger partial charge in [-0.1, -0.05) is 6.07 Å². The lowest BCUT2D eigenvalue weighted by molar-refractivity contribution is -0.128. The molecule has 4 rings (SSSR count). The largest absolute Gasteiger partial charge is 0.493 e. The number of aromatic nitrogens is 3. The quantitative estimate of drug-likeness (QED) is 0.699. The van der Waals surface area contributed by atoms with Crippen molar-refractivity contribution in [2.45, 2.75) is 45.3 Å². The van der Waals surface area contributed by atoms with Gasteiger partial charge in [0.1, 0.15) is 5.82 Å². The first-order valence-corrected chi connectivity index (χ1v) is 11.3. The van der Waals surface area contributed by atoms with Gasteiger partial charge in [-0.25, -0.2) is 0 Å². The van der Waals surface area contributed by atoms with E-state index in [1.54, 1.807) is 14.2 Å². The average molecular weight is 444 g/mol. The summed E-state index contributed by atoms with van der Waals surface area (Å²) in [6.45, 7) is 6.70. The molecule has 0 spiro atoms. The average Bonchev–Trinajstić information content (AvgIpc) is 3.14. The molecule has 0 unspecified atom stereocenters. The molecule has 174 valence electrons. The summed E-state index contributed by atoms with van der Waals surface area (Å²) in [7, 11) is 3.30. The molecule has 0 radical (unpaired) electrons. The van der Waals surface area contributed by atoms with Crippen LogP contribution in [0, 0.1) is 5.92 Å². The Morgan fingerprint density at radius 3 is 2.69 bits per heavy atom. The van der Waals surface area contributed by atoms with E-state index in [1.807, 2.05) is 19.1 Å². The summed E-state index contributed by atoms with van der Waals surface area (Å²) in [5, 5.41) is 12.0. The zero-order chi connectivity index (χ0) is 22.5. The zero-order valence-electron chi connectivity index (χ0n) is 19.2. The number of carbonyl (C=O) groups excluding carboxylic acids is 1. The third-order valence-electron chi connectivity index (χ3n) is 6.34. The van der Waals surface area contributed by atoms with Crippen LogP contribution in [0.15, 0.2) is 18.2 Å². The topological polar surface area (TPSA) is 90.7 Å². The highest BCUT2D eigenvalue weighted by Crippen LogP contribution is 2.28. The van der Waals surface area contributed by atoms with Crippen molar-refractivity contribution in [2.24, 2.45) is 5.92 Å². The predicted molar refractivity (Wildman–Crippen MR) is 119 cm³/mol. The van der Waals surface area contributed by atoms with E-state index >= 15 is 0 Å². The fourth-order valence-corrected chi connectivity index (χ4v) is 4.46. The van der Waals surface area contributed by atoms with Crippen molar-refractivity contribution in [2.75, 3.05) is 40.5 Å². The molecule has 2 aliphatic rings. The molecule has 3 heterocycles. The van der Waals surface area contributed by atoms with Crippen LogP contribution < -0.4 is 14.8 Å². The highest BCUT2D eigenvalue weighted by Gasteiger charge is 2.26. The van der Waals surface area contributed by atoms with Crippen molar-refractivity contribution in [3.8, 4) is 11.5 Å². The maximum absolute atomic E-state index is 12.6. The molecule has 9 heteroatoms. The van der Waals surface area contributed by atoms with Crippen LogP contribution >= 0.6 is 0 Å². The van der Waals surface area contributed by atoms with Gasteiger partial charge in [-0.15, -0.1) is 10.2 Å². The number of amides is 1. The van der Waals surface area contributed by atoms with Crippen LogP contribution in [0.1, 0.15) is 43.0 Å². The van der Waals surface area contributed by atoms with Crippen molar-refractivity contribution >= 4 is 5.91 Å². The number of hydrogen-bond donors (Lipinski definition) is 1. The summed E-state index contributed by atoms with van der Waals surface area (Å²) in [4.78, 5) is 15.0. The maximum Gasteiger partial charge on any atom is 0.223 e. The Kier molecular flexibility index (Phi) is 7.26. The van der Waals surface area contributed by atoms with Gasteiger partial charge in [0.05, 0.1) is 20.3 Å². The van der Waals surface area contributed by atoms with E-state index < -0.39 is 0 Å². The molecular formula is C23H33N5O4. The number of ether oxygens (including phenoxy) is 3. The number of benzene rings is 1. The minimum Gasteiger partial charge on any atom is -0.493 e. The van der Waals surface area contributed by atoms with Gasteiger partial charge in [-0.3, -0.25) is 9.69 Å². The van der Waals surface area contributed by atoms with E-state index in [0.717, 1.165) is 68.6 Å². The number of nitrogens with one attached hydrogen (secondary N) is 1. The van der Waals surface area contributed by atoms with Gasteiger partial charge in [-0.2, -0.15) is 0 Å². The van der Waals surface area contributed by atoms with Crippen LogP contribution in [0.25, 0.3) is 0 Å². The first-order chi connectivity index (χ1) is 15.6. The monoisotopic (exact) mass is 443 g/mol. The molecule has 1 amide bonds. The normalized spacial score (nSPS) is 18.5. The minimum absolute atomic E-state index is 0.0229. The third kappa shape index (κ3) is 5.05. The molecule has 0 bridgehead atoms. The second-order valence-electron chi connectivity index (χ2n) is 8.46. The smallest absolute Gasteiger partial charge is 0.223 e. The van der Waals surface area contributed by atoms with E-state index in [1.165, 1.54) is 5.56 Å². The number of hydrogen-bond acceptors (Lipinski definition) is 7. The summed E-state index contributed by atoms with van der Waals surface area (Å²) in [6, 6.07) is 5.88. The molecule has 0 saturated carbocycles. The van der Waals surface area contributed by atoms with Crippen molar-refractivity contribution in [1.29, 1.82) is 0 Å². The van der Waals surface area contributed by atoms with Crippen LogP contribution in [-0.2, 0) is 29.0 Å². The Labute approximate surface area is 189 Å². The lowest BCUT2D eigenvalue weighted by atomic mass is 9.99. The SMILES string of the molecule is COc1ccc(CN2CCc3nnc([C@H](C)NC(=O)C4CCOCC4)n3CC2)cc1OC. The number of methoxy groups -OCH3 is 2. The number of fused-ring (bicyclic) bond motifs is 1. The molecular weight excluding hydrogens is 410 g/mol. The molecule has 1 atom stereocenters. The van der Waals surface area contributed by atoms with Crippen molar-refractivity contribution in [3.05, 3.63) is 35.4 Å². The molecule has 9 nitrogen and oxygen atoms in total. The lowest BCUT2D eigenvalue weighted by Gasteiger charge is -2.23. The third-order valence-corrected chi connectivity index (χ3v) is 6.34. The van der Waals surface area contributed by atoms with Crippen LogP contribution in [0.3, 0.4) is 0 Å². The molecule has 32 heavy (non-hydrogen) atoms.